The van der Waals surface area contributed by atoms with E-state index in [9.17, 15) is 9.35 Å². The molecule has 0 N–H and O–H groups in total. The number of pyridine rings is 1. The summed E-state index contributed by atoms with van der Waals surface area (Å²) in [4.78, 5) is 23.5. The largest absolute Gasteiger partial charge is 0.610 e. The highest BCUT2D eigenvalue weighted by molar-refractivity contribution is 7.90. The zero-order valence-electron chi connectivity index (χ0n) is 10.4. The summed E-state index contributed by atoms with van der Waals surface area (Å²) in [6, 6.07) is 3.38. The number of aromatic nitrogens is 3. The number of nitrogens with zero attached hydrogens (tertiary/aromatic N) is 3. The summed E-state index contributed by atoms with van der Waals surface area (Å²) in [6.45, 7) is 0. The van der Waals surface area contributed by atoms with E-state index >= 15 is 0 Å². The highest BCUT2D eigenvalue weighted by Gasteiger charge is 2.11. The zero-order chi connectivity index (χ0) is 13.8. The van der Waals surface area contributed by atoms with Crippen molar-refractivity contribution >= 4 is 17.1 Å². The molecule has 0 aliphatic heterocycles. The van der Waals surface area contributed by atoms with Crippen LogP contribution in [0.4, 0.5) is 0 Å². The van der Waals surface area contributed by atoms with Crippen LogP contribution in [-0.4, -0.2) is 38.8 Å². The molecule has 0 saturated heterocycles. The van der Waals surface area contributed by atoms with Crippen molar-refractivity contribution in [3.8, 4) is 11.3 Å². The molecule has 0 spiro atoms. The van der Waals surface area contributed by atoms with E-state index in [1.807, 2.05) is 0 Å². The summed E-state index contributed by atoms with van der Waals surface area (Å²) < 4.78 is 15.8. The van der Waals surface area contributed by atoms with Crippen LogP contribution in [0.5, 0.6) is 0 Å². The van der Waals surface area contributed by atoms with Crippen LogP contribution < -0.4 is 0 Å². The van der Waals surface area contributed by atoms with Crippen LogP contribution in [0.3, 0.4) is 0 Å². The van der Waals surface area contributed by atoms with Gasteiger partial charge in [0.1, 0.15) is 6.26 Å². The molecule has 0 aromatic carbocycles. The highest BCUT2D eigenvalue weighted by atomic mass is 32.2. The van der Waals surface area contributed by atoms with Gasteiger partial charge in [-0.05, 0) is 6.07 Å². The first-order valence-electron chi connectivity index (χ1n) is 5.32. The Morgan fingerprint density at radius 3 is 2.68 bits per heavy atom. The molecule has 98 valence electrons. The number of carbonyl (C=O) groups is 1. The van der Waals surface area contributed by atoms with E-state index in [0.717, 1.165) is 0 Å². The van der Waals surface area contributed by atoms with Gasteiger partial charge in [-0.1, -0.05) is 0 Å². The van der Waals surface area contributed by atoms with Crippen molar-refractivity contribution < 1.29 is 14.1 Å². The first-order valence-corrected chi connectivity index (χ1v) is 6.88. The Balaban J connectivity index is 2.33. The van der Waals surface area contributed by atoms with E-state index in [4.69, 9.17) is 0 Å². The zero-order valence-corrected chi connectivity index (χ0v) is 11.2. The van der Waals surface area contributed by atoms with E-state index < -0.39 is 17.1 Å². The minimum Gasteiger partial charge on any atom is -0.610 e. The summed E-state index contributed by atoms with van der Waals surface area (Å²) in [6.07, 6.45) is 5.95. The molecule has 2 heterocycles. The summed E-state index contributed by atoms with van der Waals surface area (Å²) in [7, 11) is 1.28. The summed E-state index contributed by atoms with van der Waals surface area (Å²) in [5, 5.41) is 0.487. The number of esters is 1. The van der Waals surface area contributed by atoms with Gasteiger partial charge >= 0.3 is 5.97 Å². The van der Waals surface area contributed by atoms with Crippen molar-refractivity contribution in [2.45, 2.75) is 5.03 Å². The van der Waals surface area contributed by atoms with Crippen LogP contribution in [-0.2, 0) is 15.9 Å². The normalized spacial score (nSPS) is 11.9. The number of hydrogen-bond acceptors (Lipinski definition) is 6. The van der Waals surface area contributed by atoms with Crippen LogP contribution in [0.15, 0.2) is 35.7 Å². The number of hydrogen-bond donors (Lipinski definition) is 0. The van der Waals surface area contributed by atoms with Gasteiger partial charge in [-0.3, -0.25) is 4.98 Å². The topological polar surface area (TPSA) is 88.0 Å². The number of carbonyl (C=O) groups excluding carboxylic acids is 1. The lowest BCUT2D eigenvalue weighted by atomic mass is 10.2. The van der Waals surface area contributed by atoms with E-state index in [-0.39, 0.29) is 5.69 Å². The molecule has 0 aliphatic rings. The van der Waals surface area contributed by atoms with Crippen molar-refractivity contribution in [3.63, 3.8) is 0 Å². The van der Waals surface area contributed by atoms with E-state index in [0.29, 0.717) is 16.3 Å². The summed E-state index contributed by atoms with van der Waals surface area (Å²) in [5.41, 5.74) is 1.32. The molecular formula is C12H11N3O3S. The first-order chi connectivity index (χ1) is 9.11. The fraction of sp³-hybridized carbons (Fsp3) is 0.167. The molecule has 1 atom stereocenters. The molecule has 0 bridgehead atoms. The predicted octanol–water partition coefficient (Wildman–Crippen LogP) is 1.06. The molecular weight excluding hydrogens is 266 g/mol. The molecule has 0 aliphatic carbocycles. The minimum atomic E-state index is -1.13. The number of rotatable bonds is 3. The monoisotopic (exact) mass is 277 g/mol. The van der Waals surface area contributed by atoms with Crippen LogP contribution >= 0.6 is 0 Å². The molecule has 0 amide bonds. The molecule has 6 nitrogen and oxygen atoms in total. The number of ether oxygens (including phenoxy) is 1. The maximum atomic E-state index is 11.4. The quantitative estimate of drug-likeness (QED) is 0.615. The Labute approximate surface area is 113 Å². The summed E-state index contributed by atoms with van der Waals surface area (Å²) in [5.74, 6) is -0.548. The molecule has 2 aromatic rings. The third-order valence-electron chi connectivity index (χ3n) is 2.36. The van der Waals surface area contributed by atoms with Gasteiger partial charge in [0.05, 0.1) is 25.2 Å². The van der Waals surface area contributed by atoms with Gasteiger partial charge in [0.15, 0.2) is 5.69 Å². The molecule has 19 heavy (non-hydrogen) atoms. The maximum absolute atomic E-state index is 11.4. The van der Waals surface area contributed by atoms with Gasteiger partial charge < -0.3 is 9.29 Å². The lowest BCUT2D eigenvalue weighted by Crippen LogP contribution is -2.06. The lowest BCUT2D eigenvalue weighted by molar-refractivity contribution is 0.0593. The third-order valence-corrected chi connectivity index (χ3v) is 3.19. The van der Waals surface area contributed by atoms with Crippen LogP contribution in [0.1, 0.15) is 10.5 Å². The van der Waals surface area contributed by atoms with Gasteiger partial charge in [-0.15, -0.1) is 0 Å². The van der Waals surface area contributed by atoms with Crippen molar-refractivity contribution in [2.24, 2.45) is 0 Å². The molecule has 0 radical (unpaired) electrons. The van der Waals surface area contributed by atoms with Crippen LogP contribution in [0, 0.1) is 0 Å². The van der Waals surface area contributed by atoms with Crippen LogP contribution in [0.25, 0.3) is 11.3 Å². The second-order valence-corrected chi connectivity index (χ2v) is 4.95. The van der Waals surface area contributed by atoms with E-state index in [1.54, 1.807) is 24.6 Å². The Hall–Kier alpha value is -1.99. The van der Waals surface area contributed by atoms with E-state index in [2.05, 4.69) is 19.7 Å². The fourth-order valence-electron chi connectivity index (χ4n) is 1.41. The third kappa shape index (κ3) is 3.07. The fourth-order valence-corrected chi connectivity index (χ4v) is 1.87. The summed E-state index contributed by atoms with van der Waals surface area (Å²) >= 11 is -1.13. The van der Waals surface area contributed by atoms with Crippen molar-refractivity contribution in [3.05, 3.63) is 36.4 Å². The second kappa shape index (κ2) is 5.77. The standard InChI is InChI=1S/C12H11N3O3S/c1-18-12(16)10-7-13-6-9(15-10)8-3-4-11(14-5-8)19(2)17/h3-7H,1-2H3. The minimum absolute atomic E-state index is 0.128. The van der Waals surface area contributed by atoms with Crippen LogP contribution in [0.2, 0.25) is 0 Å². The molecule has 2 rings (SSSR count). The van der Waals surface area contributed by atoms with Crippen molar-refractivity contribution in [1.29, 1.82) is 0 Å². The highest BCUT2D eigenvalue weighted by Crippen LogP contribution is 2.17. The van der Waals surface area contributed by atoms with Gasteiger partial charge in [0, 0.05) is 29.0 Å². The second-order valence-electron chi connectivity index (χ2n) is 3.62. The molecule has 1 unspecified atom stereocenters. The predicted molar refractivity (Wildman–Crippen MR) is 68.9 cm³/mol. The average molecular weight is 277 g/mol. The molecule has 2 aromatic heterocycles. The Kier molecular flexibility index (Phi) is 4.08. The smallest absolute Gasteiger partial charge is 0.358 e. The van der Waals surface area contributed by atoms with Crippen molar-refractivity contribution in [2.75, 3.05) is 13.4 Å². The molecule has 7 heteroatoms. The first kappa shape index (κ1) is 13.4. The maximum Gasteiger partial charge on any atom is 0.358 e. The van der Waals surface area contributed by atoms with Gasteiger partial charge in [-0.25, -0.2) is 14.8 Å². The Bertz CT molecular complexity index is 587. The molecule has 0 saturated carbocycles. The SMILES string of the molecule is COC(=O)c1cncc(-c2ccc([S+](C)[O-])nc2)n1. The lowest BCUT2D eigenvalue weighted by Gasteiger charge is -2.05. The average Bonchev–Trinajstić information content (AvgIpc) is 2.46. The van der Waals surface area contributed by atoms with Gasteiger partial charge in [0.2, 0.25) is 5.03 Å². The number of methoxy groups -OCH3 is 1. The Morgan fingerprint density at radius 2 is 2.11 bits per heavy atom. The van der Waals surface area contributed by atoms with Gasteiger partial charge in [0.25, 0.3) is 0 Å². The Morgan fingerprint density at radius 1 is 1.32 bits per heavy atom. The van der Waals surface area contributed by atoms with Crippen molar-refractivity contribution in [1.82, 2.24) is 15.0 Å². The van der Waals surface area contributed by atoms with Gasteiger partial charge in [-0.2, -0.15) is 0 Å². The van der Waals surface area contributed by atoms with E-state index in [1.165, 1.54) is 19.5 Å². The molecule has 0 fully saturated rings.